The summed E-state index contributed by atoms with van der Waals surface area (Å²) in [5, 5.41) is 3.94. The lowest BCUT2D eigenvalue weighted by Gasteiger charge is -2.12. The number of hydrogen-bond donors (Lipinski definition) is 1. The molecule has 3 aromatic rings. The van der Waals surface area contributed by atoms with Gasteiger partial charge in [-0.2, -0.15) is 0 Å². The largest absolute Gasteiger partial charge is 0.488 e. The Hall–Kier alpha value is -2.99. The van der Waals surface area contributed by atoms with Gasteiger partial charge in [0.15, 0.2) is 0 Å². The minimum absolute atomic E-state index is 0.135. The molecule has 0 spiro atoms. The Bertz CT molecular complexity index is 1210. The van der Waals surface area contributed by atoms with Gasteiger partial charge in [-0.05, 0) is 48.0 Å². The lowest BCUT2D eigenvalue weighted by molar-refractivity contribution is -0.113. The van der Waals surface area contributed by atoms with Crippen molar-refractivity contribution in [2.45, 2.75) is 6.61 Å². The topological polar surface area (TPSA) is 58.6 Å². The van der Waals surface area contributed by atoms with Gasteiger partial charge in [0.25, 0.3) is 5.91 Å². The number of anilines is 1. The number of halogens is 3. The maximum absolute atomic E-state index is 12.9. The van der Waals surface area contributed by atoms with Crippen LogP contribution in [0.2, 0.25) is 15.1 Å². The third kappa shape index (κ3) is 4.69. The molecule has 0 aromatic heterocycles. The van der Waals surface area contributed by atoms with Crippen LogP contribution >= 0.6 is 34.8 Å². The van der Waals surface area contributed by atoms with Crippen LogP contribution in [-0.2, 0) is 11.4 Å². The fourth-order valence-corrected chi connectivity index (χ4v) is 3.57. The van der Waals surface area contributed by atoms with E-state index in [4.69, 9.17) is 39.5 Å². The van der Waals surface area contributed by atoms with Crippen LogP contribution in [0.1, 0.15) is 11.1 Å². The summed E-state index contributed by atoms with van der Waals surface area (Å²) < 4.78 is 5.92. The standard InChI is InChI=1S/C23H15Cl3N2O3/c24-16-5-3-6-17(12-16)28-22(29)20(27-23(28)30)11-15-4-1-2-7-21(15)31-13-14-8-9-18(25)19(26)10-14/h1-12H,13H2,(H,27,30)/b20-11+. The molecule has 1 saturated heterocycles. The number of rotatable bonds is 5. The number of benzene rings is 3. The van der Waals surface area contributed by atoms with Crippen molar-refractivity contribution < 1.29 is 14.3 Å². The normalized spacial score (nSPS) is 14.8. The first-order valence-electron chi connectivity index (χ1n) is 9.21. The van der Waals surface area contributed by atoms with Crippen molar-refractivity contribution in [3.05, 3.63) is 98.6 Å². The van der Waals surface area contributed by atoms with Gasteiger partial charge >= 0.3 is 6.03 Å². The predicted molar refractivity (Wildman–Crippen MR) is 123 cm³/mol. The Morgan fingerprint density at radius 3 is 2.48 bits per heavy atom. The number of hydrogen-bond acceptors (Lipinski definition) is 3. The van der Waals surface area contributed by atoms with Crippen molar-refractivity contribution in [1.29, 1.82) is 0 Å². The molecule has 1 N–H and O–H groups in total. The number of ether oxygens (including phenoxy) is 1. The highest BCUT2D eigenvalue weighted by Gasteiger charge is 2.35. The van der Waals surface area contributed by atoms with Gasteiger partial charge in [-0.1, -0.05) is 65.1 Å². The molecule has 156 valence electrons. The summed E-state index contributed by atoms with van der Waals surface area (Å²) in [4.78, 5) is 26.3. The molecular formula is C23H15Cl3N2O3. The SMILES string of the molecule is O=C1N/C(=C/c2ccccc2OCc2ccc(Cl)c(Cl)c2)C(=O)N1c1cccc(Cl)c1. The highest BCUT2D eigenvalue weighted by molar-refractivity contribution is 6.42. The van der Waals surface area contributed by atoms with E-state index < -0.39 is 11.9 Å². The van der Waals surface area contributed by atoms with E-state index in [0.717, 1.165) is 10.5 Å². The third-order valence-corrected chi connectivity index (χ3v) is 5.52. The zero-order chi connectivity index (χ0) is 22.0. The molecule has 1 fully saturated rings. The number of carbonyl (C=O) groups is 2. The lowest BCUT2D eigenvalue weighted by atomic mass is 10.1. The van der Waals surface area contributed by atoms with Crippen molar-refractivity contribution >= 4 is 58.5 Å². The minimum Gasteiger partial charge on any atom is -0.488 e. The molecule has 1 aliphatic rings. The van der Waals surface area contributed by atoms with Crippen molar-refractivity contribution in [1.82, 2.24) is 5.32 Å². The summed E-state index contributed by atoms with van der Waals surface area (Å²) in [5.74, 6) is 0.0656. The van der Waals surface area contributed by atoms with Gasteiger partial charge in [0.1, 0.15) is 18.1 Å². The van der Waals surface area contributed by atoms with Gasteiger partial charge in [0, 0.05) is 10.6 Å². The summed E-state index contributed by atoms with van der Waals surface area (Å²) in [6, 6.07) is 18.4. The van der Waals surface area contributed by atoms with Gasteiger partial charge in [-0.15, -0.1) is 0 Å². The molecule has 0 atom stereocenters. The number of amides is 3. The third-order valence-electron chi connectivity index (χ3n) is 4.54. The number of urea groups is 1. The fourth-order valence-electron chi connectivity index (χ4n) is 3.06. The second kappa shape index (κ2) is 9.02. The van der Waals surface area contributed by atoms with E-state index in [1.807, 2.05) is 18.2 Å². The average Bonchev–Trinajstić information content (AvgIpc) is 3.02. The summed E-state index contributed by atoms with van der Waals surface area (Å²) in [5.41, 5.74) is 2.01. The van der Waals surface area contributed by atoms with Crippen LogP contribution in [0.4, 0.5) is 10.5 Å². The zero-order valence-corrected chi connectivity index (χ0v) is 18.2. The molecule has 1 aliphatic heterocycles. The second-order valence-electron chi connectivity index (χ2n) is 6.68. The molecule has 4 rings (SSSR count). The zero-order valence-electron chi connectivity index (χ0n) is 15.9. The predicted octanol–water partition coefficient (Wildman–Crippen LogP) is 6.32. The maximum Gasteiger partial charge on any atom is 0.333 e. The van der Waals surface area contributed by atoms with Gasteiger partial charge in [-0.3, -0.25) is 4.79 Å². The van der Waals surface area contributed by atoms with Crippen LogP contribution in [-0.4, -0.2) is 11.9 Å². The monoisotopic (exact) mass is 472 g/mol. The van der Waals surface area contributed by atoms with Crippen LogP contribution in [0.3, 0.4) is 0 Å². The van der Waals surface area contributed by atoms with E-state index in [-0.39, 0.29) is 12.3 Å². The van der Waals surface area contributed by atoms with Crippen molar-refractivity contribution in [3.63, 3.8) is 0 Å². The van der Waals surface area contributed by atoms with Crippen LogP contribution < -0.4 is 15.0 Å². The summed E-state index contributed by atoms with van der Waals surface area (Å²) in [6.45, 7) is 0.256. The van der Waals surface area contributed by atoms with E-state index in [9.17, 15) is 9.59 Å². The molecule has 1 heterocycles. The lowest BCUT2D eigenvalue weighted by Crippen LogP contribution is -2.30. The number of nitrogens with one attached hydrogen (secondary N) is 1. The molecule has 31 heavy (non-hydrogen) atoms. The van der Waals surface area contributed by atoms with E-state index in [2.05, 4.69) is 5.32 Å². The van der Waals surface area contributed by atoms with Gasteiger partial charge in [-0.25, -0.2) is 9.69 Å². The summed E-state index contributed by atoms with van der Waals surface area (Å²) in [7, 11) is 0. The number of nitrogens with zero attached hydrogens (tertiary/aromatic N) is 1. The first-order valence-corrected chi connectivity index (χ1v) is 10.3. The van der Waals surface area contributed by atoms with Gasteiger partial charge < -0.3 is 10.1 Å². The van der Waals surface area contributed by atoms with Gasteiger partial charge in [0.05, 0.1) is 15.7 Å². The quantitative estimate of drug-likeness (QED) is 0.348. The fraction of sp³-hybridized carbons (Fsp3) is 0.0435. The average molecular weight is 474 g/mol. The first-order chi connectivity index (χ1) is 14.9. The molecule has 8 heteroatoms. The molecule has 3 amide bonds. The second-order valence-corrected chi connectivity index (χ2v) is 7.93. The Morgan fingerprint density at radius 2 is 1.71 bits per heavy atom. The Labute approximate surface area is 193 Å². The summed E-state index contributed by atoms with van der Waals surface area (Å²) in [6.07, 6.45) is 1.58. The van der Waals surface area contributed by atoms with E-state index in [0.29, 0.717) is 32.1 Å². The summed E-state index contributed by atoms with van der Waals surface area (Å²) >= 11 is 18.0. The minimum atomic E-state index is -0.548. The van der Waals surface area contributed by atoms with Crippen LogP contribution in [0.15, 0.2) is 72.4 Å². The van der Waals surface area contributed by atoms with Crippen LogP contribution in [0.25, 0.3) is 6.08 Å². The Kier molecular flexibility index (Phi) is 6.18. The van der Waals surface area contributed by atoms with E-state index in [1.165, 1.54) is 0 Å². The molecule has 0 bridgehead atoms. The van der Waals surface area contributed by atoms with Crippen molar-refractivity contribution in [2.24, 2.45) is 0 Å². The number of para-hydroxylation sites is 1. The Balaban J connectivity index is 1.57. The van der Waals surface area contributed by atoms with Gasteiger partial charge in [0.2, 0.25) is 0 Å². The molecule has 0 radical (unpaired) electrons. The van der Waals surface area contributed by atoms with Crippen molar-refractivity contribution in [2.75, 3.05) is 4.90 Å². The maximum atomic E-state index is 12.9. The Morgan fingerprint density at radius 1 is 0.903 bits per heavy atom. The highest BCUT2D eigenvalue weighted by atomic mass is 35.5. The smallest absolute Gasteiger partial charge is 0.333 e. The number of carbonyl (C=O) groups excluding carboxylic acids is 2. The van der Waals surface area contributed by atoms with Crippen LogP contribution in [0.5, 0.6) is 5.75 Å². The molecule has 3 aromatic carbocycles. The molecule has 0 aliphatic carbocycles. The van der Waals surface area contributed by atoms with E-state index >= 15 is 0 Å². The van der Waals surface area contributed by atoms with Crippen molar-refractivity contribution in [3.8, 4) is 5.75 Å². The molecular weight excluding hydrogens is 459 g/mol. The number of imide groups is 1. The van der Waals surface area contributed by atoms with E-state index in [1.54, 1.807) is 54.6 Å². The highest BCUT2D eigenvalue weighted by Crippen LogP contribution is 2.28. The van der Waals surface area contributed by atoms with Crippen LogP contribution in [0, 0.1) is 0 Å². The first kappa shape index (κ1) is 21.2. The molecule has 0 saturated carbocycles. The molecule has 5 nitrogen and oxygen atoms in total. The molecule has 0 unspecified atom stereocenters.